The zero-order valence-electron chi connectivity index (χ0n) is 36.5. The van der Waals surface area contributed by atoms with Crippen molar-refractivity contribution in [3.05, 3.63) is 179 Å². The Morgan fingerprint density at radius 3 is 1.88 bits per heavy atom. The normalized spacial score (nSPS) is 16.1. The summed E-state index contributed by atoms with van der Waals surface area (Å²) in [6.45, 7) is -2.35. The second kappa shape index (κ2) is 14.9. The molecule has 0 aliphatic heterocycles. The lowest BCUT2D eigenvalue weighted by atomic mass is 9.91. The number of aryl methyl sites for hydroxylation is 5. The van der Waals surface area contributed by atoms with Gasteiger partial charge in [-0.05, 0) is 126 Å². The van der Waals surface area contributed by atoms with Crippen LogP contribution in [0.1, 0.15) is 74.6 Å². The summed E-state index contributed by atoms with van der Waals surface area (Å²) in [6.07, 6.45) is 8.51. The Balaban J connectivity index is 1.01. The summed E-state index contributed by atoms with van der Waals surface area (Å²) in [5.41, 5.74) is 14.3. The van der Waals surface area contributed by atoms with Crippen molar-refractivity contribution in [2.75, 3.05) is 0 Å². The first-order valence-corrected chi connectivity index (χ1v) is 18.2. The minimum Gasteiger partial charge on any atom is -0.256 e. The molecule has 52 heavy (non-hydrogen) atoms. The molecule has 1 saturated carbocycles. The van der Waals surface area contributed by atoms with Gasteiger partial charge in [0.05, 0.1) is 11.4 Å². The number of aromatic nitrogens is 2. The highest BCUT2D eigenvalue weighted by atomic mass is 14.7. The highest BCUT2D eigenvalue weighted by molar-refractivity contribution is 5.85. The predicted molar refractivity (Wildman–Crippen MR) is 218 cm³/mol. The summed E-state index contributed by atoms with van der Waals surface area (Å²) in [4.78, 5) is 9.02. The van der Waals surface area contributed by atoms with E-state index >= 15 is 0 Å². The third kappa shape index (κ3) is 7.39. The quantitative estimate of drug-likeness (QED) is 0.152. The molecule has 5 aromatic carbocycles. The van der Waals surface area contributed by atoms with E-state index in [9.17, 15) is 0 Å². The first kappa shape index (κ1) is 26.2. The Morgan fingerprint density at radius 2 is 1.17 bits per heavy atom. The predicted octanol–water partition coefficient (Wildman–Crippen LogP) is 13.2. The fourth-order valence-electron chi connectivity index (χ4n) is 7.49. The second-order valence-electron chi connectivity index (χ2n) is 14.0. The van der Waals surface area contributed by atoms with E-state index in [1.54, 1.807) is 12.1 Å². The van der Waals surface area contributed by atoms with Gasteiger partial charge in [-0.25, -0.2) is 0 Å². The van der Waals surface area contributed by atoms with Gasteiger partial charge in [-0.15, -0.1) is 0 Å². The van der Waals surface area contributed by atoms with Crippen LogP contribution in [0.3, 0.4) is 0 Å². The molecule has 0 unspecified atom stereocenters. The number of hydrogen-bond acceptors (Lipinski definition) is 2. The van der Waals surface area contributed by atoms with E-state index in [0.29, 0.717) is 11.3 Å². The van der Waals surface area contributed by atoms with Gasteiger partial charge in [0.25, 0.3) is 0 Å². The van der Waals surface area contributed by atoms with Crippen LogP contribution in [0.25, 0.3) is 55.9 Å². The van der Waals surface area contributed by atoms with Gasteiger partial charge in [0.15, 0.2) is 0 Å². The fourth-order valence-corrected chi connectivity index (χ4v) is 7.49. The number of hydrogen-bond donors (Lipinski definition) is 0. The van der Waals surface area contributed by atoms with Crippen LogP contribution in [0, 0.1) is 20.6 Å². The fraction of sp³-hybridized carbons (Fsp3) is 0.200. The Morgan fingerprint density at radius 1 is 0.538 bits per heavy atom. The lowest BCUT2D eigenvalue weighted by molar-refractivity contribution is 0.723. The van der Waals surface area contributed by atoms with Crippen LogP contribution in [0.2, 0.25) is 0 Å². The van der Waals surface area contributed by atoms with Gasteiger partial charge in [-0.2, -0.15) is 0 Å². The van der Waals surface area contributed by atoms with Crippen LogP contribution in [-0.4, -0.2) is 9.97 Å². The molecule has 2 heterocycles. The van der Waals surface area contributed by atoms with Crippen LogP contribution < -0.4 is 0 Å². The summed E-state index contributed by atoms with van der Waals surface area (Å²) in [7, 11) is 0. The molecule has 0 amide bonds. The minimum atomic E-state index is -2.32. The Bertz CT molecular complexity index is 2570. The van der Waals surface area contributed by atoms with Crippen molar-refractivity contribution >= 4 is 0 Å². The maximum Gasteiger partial charge on any atom is 0.0708 e. The van der Waals surface area contributed by atoms with Crippen molar-refractivity contribution in [3.8, 4) is 55.9 Å². The molecular weight excluding hydrogens is 629 g/mol. The van der Waals surface area contributed by atoms with Crippen LogP contribution in [0.15, 0.2) is 146 Å². The van der Waals surface area contributed by atoms with Crippen molar-refractivity contribution in [2.45, 2.75) is 65.0 Å². The summed E-state index contributed by atoms with van der Waals surface area (Å²) in [5, 5.41) is 0. The first-order valence-electron chi connectivity index (χ1n) is 21.7. The lowest BCUT2D eigenvalue weighted by Gasteiger charge is -2.14. The van der Waals surface area contributed by atoms with Crippen molar-refractivity contribution in [3.63, 3.8) is 0 Å². The number of rotatable bonds is 9. The van der Waals surface area contributed by atoms with Gasteiger partial charge >= 0.3 is 0 Å². The number of nitrogens with zero attached hydrogens (tertiary/aromatic N) is 2. The number of pyridine rings is 2. The Hall–Kier alpha value is -5.60. The van der Waals surface area contributed by atoms with E-state index in [1.165, 1.54) is 29.1 Å². The van der Waals surface area contributed by atoms with E-state index < -0.39 is 19.6 Å². The highest BCUT2D eigenvalue weighted by Gasteiger charge is 2.17. The van der Waals surface area contributed by atoms with E-state index in [1.807, 2.05) is 42.5 Å². The Kier molecular flexibility index (Phi) is 7.53. The highest BCUT2D eigenvalue weighted by Crippen LogP contribution is 2.37. The monoisotopic (exact) mass is 681 g/mol. The molecule has 1 fully saturated rings. The maximum absolute atomic E-state index is 8.92. The van der Waals surface area contributed by atoms with Crippen molar-refractivity contribution in [1.29, 1.82) is 0 Å². The van der Waals surface area contributed by atoms with Crippen molar-refractivity contribution in [2.24, 2.45) is 0 Å². The molecule has 7 aromatic rings. The smallest absolute Gasteiger partial charge is 0.0708 e. The molecule has 0 spiro atoms. The SMILES string of the molecule is [2H]C([2H])([2H])c1ccc(-c2ccc(CCc3cc(C)cc(-c4ccccc4-c4ccc(-c5cc(-c6ccc(C7([2H])CCCC7)cc6)c(C([2H])([2H])[2H])cn5)cc4)c3)cc2)nc1. The molecule has 0 saturated heterocycles. The van der Waals surface area contributed by atoms with Crippen molar-refractivity contribution < 1.29 is 9.60 Å². The van der Waals surface area contributed by atoms with Crippen molar-refractivity contribution in [1.82, 2.24) is 9.97 Å². The van der Waals surface area contributed by atoms with Crippen LogP contribution in [-0.2, 0) is 12.8 Å². The molecule has 2 heteroatoms. The molecule has 8 rings (SSSR count). The maximum atomic E-state index is 8.92. The van der Waals surface area contributed by atoms with Gasteiger partial charge in [-0.1, -0.05) is 140 Å². The lowest BCUT2D eigenvalue weighted by Crippen LogP contribution is -1.95. The summed E-state index contributed by atoms with van der Waals surface area (Å²) in [6, 6.07) is 45.0. The number of benzene rings is 5. The van der Waals surface area contributed by atoms with E-state index in [0.717, 1.165) is 88.7 Å². The molecule has 0 radical (unpaired) electrons. The van der Waals surface area contributed by atoms with Gasteiger partial charge < -0.3 is 0 Å². The van der Waals surface area contributed by atoms with E-state index in [4.69, 9.17) is 9.60 Å². The van der Waals surface area contributed by atoms with Gasteiger partial charge in [-0.3, -0.25) is 9.97 Å². The second-order valence-corrected chi connectivity index (χ2v) is 14.0. The molecule has 0 atom stereocenters. The molecule has 0 N–H and O–H groups in total. The van der Waals surface area contributed by atoms with Crippen LogP contribution >= 0.6 is 0 Å². The minimum absolute atomic E-state index is 0.214. The average Bonchev–Trinajstić information content (AvgIpc) is 3.69. The van der Waals surface area contributed by atoms with Gasteiger partial charge in [0.1, 0.15) is 0 Å². The van der Waals surface area contributed by atoms with E-state index in [2.05, 4.69) is 95.8 Å². The zero-order valence-corrected chi connectivity index (χ0v) is 29.5. The summed E-state index contributed by atoms with van der Waals surface area (Å²) >= 11 is 0. The van der Waals surface area contributed by atoms with Crippen LogP contribution in [0.4, 0.5) is 0 Å². The van der Waals surface area contributed by atoms with E-state index in [-0.39, 0.29) is 11.1 Å². The summed E-state index contributed by atoms with van der Waals surface area (Å²) in [5.74, 6) is -0.563. The Labute approximate surface area is 319 Å². The molecular formula is C50H46N2. The first-order chi connectivity index (χ1) is 28.2. The van der Waals surface area contributed by atoms with Crippen LogP contribution in [0.5, 0.6) is 0 Å². The standard InChI is InChI=1S/C50H46N2/c1-34-12-27-49(51-32-34)43-17-15-37(16-18-43)13-14-38-28-35(2)29-45(30-38)47-11-7-6-10-46(47)41-23-25-44(26-24-41)50-31-48(36(3)33-52-50)42-21-19-40(20-22-42)39-8-4-5-9-39/h6-7,10-12,15-33,39H,4-5,8-9,13-14H2,1-3H3/i1D3,3D3,39D. The zero-order chi connectivity index (χ0) is 41.4. The molecule has 1 aliphatic rings. The topological polar surface area (TPSA) is 25.8 Å². The molecule has 256 valence electrons. The molecule has 1 aliphatic carbocycles. The molecule has 0 bridgehead atoms. The van der Waals surface area contributed by atoms with Gasteiger partial charge in [0.2, 0.25) is 0 Å². The molecule has 2 aromatic heterocycles. The third-order valence-electron chi connectivity index (χ3n) is 10.3. The average molecular weight is 682 g/mol. The largest absolute Gasteiger partial charge is 0.256 e. The van der Waals surface area contributed by atoms with Gasteiger partial charge in [0, 0.05) is 33.1 Å². The summed E-state index contributed by atoms with van der Waals surface area (Å²) < 4.78 is 56.5. The third-order valence-corrected chi connectivity index (χ3v) is 10.3. The molecule has 2 nitrogen and oxygen atoms in total.